The number of likely N-dealkylation sites (N-methyl/N-ethyl adjacent to an activating group) is 1. The van der Waals surface area contributed by atoms with Crippen LogP contribution in [-0.2, 0) is 26.3 Å². The fraction of sp³-hybridized carbons (Fsp3) is 0.304. The number of aryl methyl sites for hydroxylation is 1. The van der Waals surface area contributed by atoms with Crippen LogP contribution in [0.15, 0.2) is 48.5 Å². The predicted molar refractivity (Wildman–Crippen MR) is 116 cm³/mol. The molecule has 32 heavy (non-hydrogen) atoms. The van der Waals surface area contributed by atoms with Crippen LogP contribution in [0.5, 0.6) is 5.75 Å². The fourth-order valence-corrected chi connectivity index (χ4v) is 4.19. The highest BCUT2D eigenvalue weighted by atomic mass is 16.5. The van der Waals surface area contributed by atoms with Crippen molar-refractivity contribution in [2.75, 3.05) is 32.6 Å². The third-order valence-corrected chi connectivity index (χ3v) is 5.88. The number of carbonyl (C=O) groups excluding carboxylic acids is 4. The van der Waals surface area contributed by atoms with Crippen molar-refractivity contribution in [1.29, 1.82) is 0 Å². The normalized spacial score (nSPS) is 19.0. The van der Waals surface area contributed by atoms with Crippen LogP contribution < -0.4 is 15.4 Å². The molecule has 1 aliphatic heterocycles. The predicted octanol–water partition coefficient (Wildman–Crippen LogP) is 1.49. The quantitative estimate of drug-likeness (QED) is 0.667. The zero-order valence-electron chi connectivity index (χ0n) is 17.9. The van der Waals surface area contributed by atoms with Crippen molar-refractivity contribution in [2.24, 2.45) is 0 Å². The summed E-state index contributed by atoms with van der Waals surface area (Å²) in [6, 6.07) is 13.7. The third kappa shape index (κ3) is 3.77. The zero-order valence-corrected chi connectivity index (χ0v) is 17.9. The van der Waals surface area contributed by atoms with Crippen LogP contribution in [0.25, 0.3) is 0 Å². The lowest BCUT2D eigenvalue weighted by molar-refractivity contribution is -0.139. The number of fused-ring (bicyclic) bond motifs is 2. The van der Waals surface area contributed by atoms with Crippen molar-refractivity contribution in [1.82, 2.24) is 15.1 Å². The fourth-order valence-electron chi connectivity index (χ4n) is 4.19. The van der Waals surface area contributed by atoms with E-state index < -0.39 is 35.8 Å². The second-order valence-corrected chi connectivity index (χ2v) is 7.91. The molecule has 0 aromatic heterocycles. The molecule has 4 rings (SSSR count). The number of methoxy groups -OCH3 is 1. The Kier molecular flexibility index (Phi) is 5.56. The van der Waals surface area contributed by atoms with E-state index in [0.29, 0.717) is 24.3 Å². The van der Waals surface area contributed by atoms with Crippen molar-refractivity contribution in [3.63, 3.8) is 0 Å². The number of hydrogen-bond donors (Lipinski definition) is 2. The average Bonchev–Trinajstić information content (AvgIpc) is 3.26. The van der Waals surface area contributed by atoms with E-state index in [1.807, 2.05) is 24.3 Å². The zero-order chi connectivity index (χ0) is 22.9. The molecule has 1 unspecified atom stereocenters. The first kappa shape index (κ1) is 21.4. The molecule has 2 aliphatic rings. The largest absolute Gasteiger partial charge is 0.497 e. The maximum absolute atomic E-state index is 13.2. The maximum Gasteiger partial charge on any atom is 0.325 e. The first-order chi connectivity index (χ1) is 15.3. The molecule has 0 saturated carbocycles. The van der Waals surface area contributed by atoms with Gasteiger partial charge in [-0.05, 0) is 36.1 Å². The highest BCUT2D eigenvalue weighted by Gasteiger charge is 2.55. The van der Waals surface area contributed by atoms with Gasteiger partial charge in [-0.2, -0.15) is 0 Å². The summed E-state index contributed by atoms with van der Waals surface area (Å²) in [6.07, 6.45) is 1.13. The monoisotopic (exact) mass is 436 g/mol. The Labute approximate surface area is 185 Å². The Hall–Kier alpha value is -3.88. The van der Waals surface area contributed by atoms with Crippen molar-refractivity contribution in [2.45, 2.75) is 18.4 Å². The molecule has 1 fully saturated rings. The summed E-state index contributed by atoms with van der Waals surface area (Å²) in [6.45, 7) is -0.662. The number of urea groups is 1. The van der Waals surface area contributed by atoms with Crippen molar-refractivity contribution >= 4 is 29.4 Å². The van der Waals surface area contributed by atoms with Crippen molar-refractivity contribution in [3.8, 4) is 5.75 Å². The van der Waals surface area contributed by atoms with Crippen molar-refractivity contribution in [3.05, 3.63) is 59.7 Å². The molecular weight excluding hydrogens is 412 g/mol. The van der Waals surface area contributed by atoms with Gasteiger partial charge in [-0.3, -0.25) is 19.3 Å². The third-order valence-electron chi connectivity index (χ3n) is 5.88. The number of benzene rings is 2. The summed E-state index contributed by atoms with van der Waals surface area (Å²) in [7, 11) is 2.98. The van der Waals surface area contributed by atoms with Gasteiger partial charge in [0.1, 0.15) is 17.8 Å². The number of nitrogens with one attached hydrogen (secondary N) is 2. The molecule has 9 nitrogen and oxygen atoms in total. The van der Waals surface area contributed by atoms with Crippen LogP contribution in [0.2, 0.25) is 0 Å². The minimum absolute atomic E-state index is 0.229. The molecule has 1 atom stereocenters. The van der Waals surface area contributed by atoms with E-state index >= 15 is 0 Å². The highest BCUT2D eigenvalue weighted by molar-refractivity contribution is 6.10. The molecule has 5 amide bonds. The molecule has 2 aromatic rings. The Bertz CT molecular complexity index is 1100. The smallest absolute Gasteiger partial charge is 0.325 e. The van der Waals surface area contributed by atoms with Gasteiger partial charge in [-0.1, -0.05) is 30.3 Å². The lowest BCUT2D eigenvalue weighted by Gasteiger charge is -2.23. The van der Waals surface area contributed by atoms with Gasteiger partial charge in [-0.25, -0.2) is 4.79 Å². The Morgan fingerprint density at radius 1 is 1.19 bits per heavy atom. The van der Waals surface area contributed by atoms with E-state index in [2.05, 4.69) is 10.6 Å². The summed E-state index contributed by atoms with van der Waals surface area (Å²) < 4.78 is 5.12. The lowest BCUT2D eigenvalue weighted by Crippen LogP contribution is -2.45. The summed E-state index contributed by atoms with van der Waals surface area (Å²) >= 11 is 0. The second-order valence-electron chi connectivity index (χ2n) is 7.91. The van der Waals surface area contributed by atoms with E-state index in [4.69, 9.17) is 4.74 Å². The molecule has 1 heterocycles. The Balaban J connectivity index is 1.39. The Morgan fingerprint density at radius 3 is 2.75 bits per heavy atom. The minimum Gasteiger partial charge on any atom is -0.497 e. The molecule has 0 radical (unpaired) electrons. The SMILES string of the molecule is COc1cccc(NC(=O)CN(C)C(=O)CN2C(=O)NC3(CCc4ccccc43)C2=O)c1. The molecule has 2 N–H and O–H groups in total. The van der Waals surface area contributed by atoms with Crippen molar-refractivity contribution < 1.29 is 23.9 Å². The number of nitrogens with zero attached hydrogens (tertiary/aromatic N) is 2. The van der Waals surface area contributed by atoms with Gasteiger partial charge in [-0.15, -0.1) is 0 Å². The number of ether oxygens (including phenoxy) is 1. The van der Waals surface area contributed by atoms with Gasteiger partial charge < -0.3 is 20.3 Å². The maximum atomic E-state index is 13.2. The minimum atomic E-state index is -1.11. The summed E-state index contributed by atoms with van der Waals surface area (Å²) in [5.74, 6) is -0.770. The van der Waals surface area contributed by atoms with Gasteiger partial charge in [0, 0.05) is 18.8 Å². The number of carbonyl (C=O) groups is 4. The first-order valence-electron chi connectivity index (χ1n) is 10.2. The van der Waals surface area contributed by atoms with Crippen LogP contribution in [0.1, 0.15) is 17.5 Å². The van der Waals surface area contributed by atoms with Crippen LogP contribution in [0.4, 0.5) is 10.5 Å². The molecule has 1 aliphatic carbocycles. The van der Waals surface area contributed by atoms with Crippen LogP contribution in [0, 0.1) is 0 Å². The molecule has 9 heteroatoms. The molecule has 166 valence electrons. The van der Waals surface area contributed by atoms with Crippen LogP contribution >= 0.6 is 0 Å². The van der Waals surface area contributed by atoms with Gasteiger partial charge in [0.2, 0.25) is 11.8 Å². The summed E-state index contributed by atoms with van der Waals surface area (Å²) in [4.78, 5) is 52.9. The molecule has 0 bridgehead atoms. The van der Waals surface area contributed by atoms with E-state index in [1.165, 1.54) is 19.1 Å². The number of amides is 5. The van der Waals surface area contributed by atoms with Crippen LogP contribution in [0.3, 0.4) is 0 Å². The summed E-state index contributed by atoms with van der Waals surface area (Å²) in [5, 5.41) is 5.48. The lowest BCUT2D eigenvalue weighted by atomic mass is 9.92. The Morgan fingerprint density at radius 2 is 1.97 bits per heavy atom. The van der Waals surface area contributed by atoms with Gasteiger partial charge in [0.05, 0.1) is 13.7 Å². The van der Waals surface area contributed by atoms with E-state index in [0.717, 1.165) is 16.0 Å². The van der Waals surface area contributed by atoms with Gasteiger partial charge >= 0.3 is 6.03 Å². The molecule has 1 saturated heterocycles. The van der Waals surface area contributed by atoms with E-state index in [9.17, 15) is 19.2 Å². The van der Waals surface area contributed by atoms with Gasteiger partial charge in [0.15, 0.2) is 0 Å². The summed E-state index contributed by atoms with van der Waals surface area (Å²) in [5.41, 5.74) is 1.21. The molecule has 2 aromatic carbocycles. The first-order valence-corrected chi connectivity index (χ1v) is 10.2. The molecule has 1 spiro atoms. The topological polar surface area (TPSA) is 108 Å². The second kappa shape index (κ2) is 8.33. The van der Waals surface area contributed by atoms with Gasteiger partial charge in [0.25, 0.3) is 5.91 Å². The number of anilines is 1. The van der Waals surface area contributed by atoms with E-state index in [1.54, 1.807) is 24.3 Å². The average molecular weight is 436 g/mol. The molecular formula is C23H24N4O5. The number of rotatable bonds is 6. The van der Waals surface area contributed by atoms with Crippen LogP contribution in [-0.4, -0.2) is 60.8 Å². The number of hydrogen-bond acceptors (Lipinski definition) is 5. The number of imide groups is 1. The standard InChI is InChI=1S/C23H24N4O5/c1-26(13-19(28)24-16-7-5-8-17(12-16)32-2)20(29)14-27-21(30)23(25-22(27)31)11-10-15-6-3-4-9-18(15)23/h3-9,12H,10-11,13-14H2,1-2H3,(H,24,28)(H,25,31). The van der Waals surface area contributed by atoms with E-state index in [-0.39, 0.29) is 6.54 Å². The highest BCUT2D eigenvalue weighted by Crippen LogP contribution is 2.41.